The molecule has 1 saturated carbocycles. The Kier molecular flexibility index (Phi) is 10.6. The number of sulfonamides is 1. The van der Waals surface area contributed by atoms with Gasteiger partial charge in [-0.2, -0.15) is 0 Å². The molecule has 0 spiro atoms. The van der Waals surface area contributed by atoms with Gasteiger partial charge in [0.15, 0.2) is 0 Å². The number of benzene rings is 3. The number of non-ortho nitro benzene ring substituents is 1. The number of carbonyl (C=O) groups excluding carboxylic acids is 2. The number of rotatable bonds is 11. The van der Waals surface area contributed by atoms with Crippen molar-refractivity contribution in [3.63, 3.8) is 0 Å². The van der Waals surface area contributed by atoms with Crippen LogP contribution in [0.15, 0.2) is 77.7 Å². The summed E-state index contributed by atoms with van der Waals surface area (Å²) >= 11 is 12.9. The van der Waals surface area contributed by atoms with Crippen molar-refractivity contribution in [2.45, 2.75) is 62.6 Å². The van der Waals surface area contributed by atoms with Gasteiger partial charge in [-0.25, -0.2) is 8.42 Å². The van der Waals surface area contributed by atoms with Crippen molar-refractivity contribution in [2.75, 3.05) is 10.8 Å². The maximum Gasteiger partial charge on any atom is 0.269 e. The van der Waals surface area contributed by atoms with Gasteiger partial charge in [0.1, 0.15) is 12.6 Å². The lowest BCUT2D eigenvalue weighted by molar-refractivity contribution is -0.384. The van der Waals surface area contributed by atoms with Crippen molar-refractivity contribution in [3.8, 4) is 0 Å². The minimum Gasteiger partial charge on any atom is -0.352 e. The molecule has 0 saturated heterocycles. The Morgan fingerprint density at radius 2 is 1.56 bits per heavy atom. The Hall–Kier alpha value is -3.67. The Morgan fingerprint density at radius 1 is 0.953 bits per heavy atom. The standard InChI is InChI=1S/C30H32Cl2N4O6S/c1-21(30(38)33-22-9-4-2-5-10-22)34(19-26-27(31)13-8-14-28(26)32)29(37)20-35(23-15-17-24(18-16-23)36(39)40)43(41,42)25-11-6-3-7-12-25/h3,6-8,11-18,21-22H,2,4-5,9-10,19-20H2,1H3,(H,33,38). The Morgan fingerprint density at radius 3 is 2.14 bits per heavy atom. The van der Waals surface area contributed by atoms with Crippen molar-refractivity contribution in [2.24, 2.45) is 0 Å². The number of nitro benzene ring substituents is 1. The normalized spacial score (nSPS) is 14.5. The van der Waals surface area contributed by atoms with Crippen molar-refractivity contribution in [1.82, 2.24) is 10.2 Å². The molecule has 0 bridgehead atoms. The summed E-state index contributed by atoms with van der Waals surface area (Å²) in [5.41, 5.74) is 0.206. The number of nitrogens with zero attached hydrogens (tertiary/aromatic N) is 3. The highest BCUT2D eigenvalue weighted by molar-refractivity contribution is 7.92. The average Bonchev–Trinajstić information content (AvgIpc) is 3.00. The van der Waals surface area contributed by atoms with E-state index >= 15 is 0 Å². The average molecular weight is 648 g/mol. The van der Waals surface area contributed by atoms with Gasteiger partial charge in [0.25, 0.3) is 15.7 Å². The summed E-state index contributed by atoms with van der Waals surface area (Å²) in [7, 11) is -4.31. The molecule has 1 fully saturated rings. The summed E-state index contributed by atoms with van der Waals surface area (Å²) in [4.78, 5) is 39.3. The number of hydrogen-bond donors (Lipinski definition) is 1. The van der Waals surface area contributed by atoms with Crippen LogP contribution in [0, 0.1) is 10.1 Å². The number of hydrogen-bond acceptors (Lipinski definition) is 6. The van der Waals surface area contributed by atoms with Gasteiger partial charge in [0, 0.05) is 40.3 Å². The summed E-state index contributed by atoms with van der Waals surface area (Å²) in [6.07, 6.45) is 4.78. The molecule has 0 aromatic heterocycles. The maximum absolute atomic E-state index is 14.1. The van der Waals surface area contributed by atoms with E-state index in [1.54, 1.807) is 43.3 Å². The molecule has 3 aromatic rings. The molecule has 0 aliphatic heterocycles. The predicted octanol–water partition coefficient (Wildman–Crippen LogP) is 5.96. The first kappa shape index (κ1) is 32.2. The number of carbonyl (C=O) groups is 2. The largest absolute Gasteiger partial charge is 0.352 e. The molecule has 2 amide bonds. The van der Waals surface area contributed by atoms with E-state index in [-0.39, 0.29) is 44.8 Å². The third-order valence-corrected chi connectivity index (χ3v) is 9.96. The van der Waals surface area contributed by atoms with Crippen molar-refractivity contribution < 1.29 is 22.9 Å². The first-order valence-electron chi connectivity index (χ1n) is 13.8. The summed E-state index contributed by atoms with van der Waals surface area (Å²) < 4.78 is 28.6. The van der Waals surface area contributed by atoms with Gasteiger partial charge < -0.3 is 10.2 Å². The summed E-state index contributed by atoms with van der Waals surface area (Å²) in [6.45, 7) is 0.719. The molecule has 0 radical (unpaired) electrons. The molecule has 1 N–H and O–H groups in total. The Bertz CT molecular complexity index is 1540. The monoisotopic (exact) mass is 646 g/mol. The van der Waals surface area contributed by atoms with Gasteiger partial charge in [0.05, 0.1) is 15.5 Å². The minimum absolute atomic E-state index is 0.0142. The van der Waals surface area contributed by atoms with E-state index in [4.69, 9.17) is 23.2 Å². The number of halogens is 2. The van der Waals surface area contributed by atoms with Gasteiger partial charge >= 0.3 is 0 Å². The Labute approximate surface area is 260 Å². The van der Waals surface area contributed by atoms with Crippen LogP contribution in [0.2, 0.25) is 10.0 Å². The van der Waals surface area contributed by atoms with E-state index in [9.17, 15) is 28.1 Å². The van der Waals surface area contributed by atoms with Crippen LogP contribution in [0.1, 0.15) is 44.6 Å². The molecule has 0 heterocycles. The minimum atomic E-state index is -4.31. The van der Waals surface area contributed by atoms with Gasteiger partial charge in [0.2, 0.25) is 11.8 Å². The van der Waals surface area contributed by atoms with Crippen LogP contribution in [-0.4, -0.2) is 48.7 Å². The van der Waals surface area contributed by atoms with E-state index in [0.29, 0.717) is 5.56 Å². The van der Waals surface area contributed by atoms with E-state index < -0.39 is 33.4 Å². The fraction of sp³-hybridized carbons (Fsp3) is 0.333. The molecular weight excluding hydrogens is 615 g/mol. The molecule has 1 aliphatic rings. The summed E-state index contributed by atoms with van der Waals surface area (Å²) in [6, 6.07) is 16.2. The maximum atomic E-state index is 14.1. The Balaban J connectivity index is 1.71. The van der Waals surface area contributed by atoms with Crippen LogP contribution in [0.25, 0.3) is 0 Å². The van der Waals surface area contributed by atoms with E-state index in [2.05, 4.69) is 5.32 Å². The molecule has 228 valence electrons. The van der Waals surface area contributed by atoms with Crippen LogP contribution in [0.5, 0.6) is 0 Å². The quantitative estimate of drug-likeness (QED) is 0.202. The predicted molar refractivity (Wildman–Crippen MR) is 166 cm³/mol. The lowest BCUT2D eigenvalue weighted by Crippen LogP contribution is -2.53. The second kappa shape index (κ2) is 14.2. The molecule has 1 aliphatic carbocycles. The lowest BCUT2D eigenvalue weighted by atomic mass is 9.95. The number of anilines is 1. The van der Waals surface area contributed by atoms with Crippen molar-refractivity contribution >= 4 is 56.4 Å². The fourth-order valence-electron chi connectivity index (χ4n) is 4.99. The third kappa shape index (κ3) is 7.84. The molecular formula is C30H32Cl2N4O6S. The van der Waals surface area contributed by atoms with E-state index in [0.717, 1.165) is 48.5 Å². The van der Waals surface area contributed by atoms with Crippen LogP contribution in [-0.2, 0) is 26.2 Å². The highest BCUT2D eigenvalue weighted by atomic mass is 35.5. The zero-order valence-corrected chi connectivity index (χ0v) is 25.8. The van der Waals surface area contributed by atoms with E-state index in [1.165, 1.54) is 29.2 Å². The first-order valence-corrected chi connectivity index (χ1v) is 16.0. The van der Waals surface area contributed by atoms with Crippen LogP contribution in [0.4, 0.5) is 11.4 Å². The molecule has 1 atom stereocenters. The summed E-state index contributed by atoms with van der Waals surface area (Å²) in [5.74, 6) is -1.07. The van der Waals surface area contributed by atoms with Gasteiger partial charge in [-0.3, -0.25) is 24.0 Å². The number of nitro groups is 1. The highest BCUT2D eigenvalue weighted by Crippen LogP contribution is 2.29. The zero-order chi connectivity index (χ0) is 31.1. The molecule has 3 aromatic carbocycles. The third-order valence-electron chi connectivity index (χ3n) is 7.47. The SMILES string of the molecule is CC(C(=O)NC1CCCCC1)N(Cc1c(Cl)cccc1Cl)C(=O)CN(c1ccc([N+](=O)[O-])cc1)S(=O)(=O)c1ccccc1. The highest BCUT2D eigenvalue weighted by Gasteiger charge is 2.34. The fourth-order valence-corrected chi connectivity index (χ4v) is 6.95. The van der Waals surface area contributed by atoms with Gasteiger partial charge in [-0.15, -0.1) is 0 Å². The van der Waals surface area contributed by atoms with Gasteiger partial charge in [-0.05, 0) is 56.2 Å². The van der Waals surface area contributed by atoms with Crippen LogP contribution in [0.3, 0.4) is 0 Å². The summed E-state index contributed by atoms with van der Waals surface area (Å²) in [5, 5.41) is 14.8. The lowest BCUT2D eigenvalue weighted by Gasteiger charge is -2.33. The molecule has 10 nitrogen and oxygen atoms in total. The molecule has 4 rings (SSSR count). The van der Waals surface area contributed by atoms with Crippen LogP contribution < -0.4 is 9.62 Å². The molecule has 43 heavy (non-hydrogen) atoms. The smallest absolute Gasteiger partial charge is 0.269 e. The second-order valence-electron chi connectivity index (χ2n) is 10.3. The second-order valence-corrected chi connectivity index (χ2v) is 13.0. The number of amides is 2. The van der Waals surface area contributed by atoms with Crippen LogP contribution >= 0.6 is 23.2 Å². The van der Waals surface area contributed by atoms with Crippen molar-refractivity contribution in [3.05, 3.63) is 98.5 Å². The van der Waals surface area contributed by atoms with E-state index in [1.807, 2.05) is 0 Å². The van der Waals surface area contributed by atoms with Crippen molar-refractivity contribution in [1.29, 1.82) is 0 Å². The first-order chi connectivity index (χ1) is 20.5. The zero-order valence-electron chi connectivity index (χ0n) is 23.5. The van der Waals surface area contributed by atoms with Gasteiger partial charge in [-0.1, -0.05) is 66.7 Å². The topological polar surface area (TPSA) is 130 Å². The molecule has 13 heteroatoms. The number of nitrogens with one attached hydrogen (secondary N) is 1. The molecule has 1 unspecified atom stereocenters.